The minimum atomic E-state index is -4.18. The topological polar surface area (TPSA) is 80.3 Å². The van der Waals surface area contributed by atoms with Crippen LogP contribution in [0.1, 0.15) is 13.8 Å². The van der Waals surface area contributed by atoms with Crippen molar-refractivity contribution in [1.82, 2.24) is 4.72 Å². The zero-order chi connectivity index (χ0) is 16.4. The summed E-state index contributed by atoms with van der Waals surface area (Å²) >= 11 is 5.65. The molecule has 0 spiro atoms. The Hall–Kier alpha value is -0.700. The van der Waals surface area contributed by atoms with Gasteiger partial charge >= 0.3 is 0 Å². The van der Waals surface area contributed by atoms with Crippen molar-refractivity contribution in [3.63, 3.8) is 0 Å². The van der Waals surface area contributed by atoms with Gasteiger partial charge in [-0.2, -0.15) is 0 Å². The number of sulfonamides is 1. The second-order valence-corrected chi connectivity index (χ2v) is 8.91. The number of halogens is 2. The number of benzene rings is 1. The van der Waals surface area contributed by atoms with E-state index in [9.17, 15) is 21.2 Å². The van der Waals surface area contributed by atoms with Crippen LogP contribution in [0.2, 0.25) is 0 Å². The van der Waals surface area contributed by atoms with Crippen molar-refractivity contribution in [2.24, 2.45) is 5.92 Å². The summed E-state index contributed by atoms with van der Waals surface area (Å²) in [6, 6.07) is 2.13. The highest BCUT2D eigenvalue weighted by molar-refractivity contribution is 7.91. The largest absolute Gasteiger partial charge is 0.243 e. The van der Waals surface area contributed by atoms with Gasteiger partial charge in [-0.1, -0.05) is 6.92 Å². The van der Waals surface area contributed by atoms with Crippen molar-refractivity contribution < 1.29 is 21.2 Å². The molecule has 0 aliphatic rings. The Labute approximate surface area is 129 Å². The highest BCUT2D eigenvalue weighted by atomic mass is 35.5. The highest BCUT2D eigenvalue weighted by Crippen LogP contribution is 2.20. The average molecular weight is 358 g/mol. The first-order valence-corrected chi connectivity index (χ1v) is 9.98. The minimum Gasteiger partial charge on any atom is -0.224 e. The van der Waals surface area contributed by atoms with Crippen LogP contribution in [0.25, 0.3) is 0 Å². The van der Waals surface area contributed by atoms with Crippen molar-refractivity contribution >= 4 is 31.5 Å². The standard InChI is InChI=1S/C12H17ClFNO4S2/c1-8(7-13)9(2)15-21(18,19)12-6-10(20(3,16)17)4-5-11(12)14/h4-6,8-9,15H,7H2,1-3H3. The number of sulfone groups is 1. The van der Waals surface area contributed by atoms with Crippen molar-refractivity contribution in [1.29, 1.82) is 0 Å². The third-order valence-electron chi connectivity index (χ3n) is 3.06. The van der Waals surface area contributed by atoms with Gasteiger partial charge in [0.1, 0.15) is 10.7 Å². The van der Waals surface area contributed by atoms with E-state index in [0.717, 1.165) is 24.5 Å². The van der Waals surface area contributed by atoms with Crippen molar-refractivity contribution in [3.8, 4) is 0 Å². The molecule has 1 aromatic rings. The van der Waals surface area contributed by atoms with Crippen molar-refractivity contribution in [2.75, 3.05) is 12.1 Å². The Morgan fingerprint density at radius 1 is 1.24 bits per heavy atom. The molecule has 0 heterocycles. The first-order valence-electron chi connectivity index (χ1n) is 6.07. The Balaban J connectivity index is 3.26. The van der Waals surface area contributed by atoms with E-state index in [0.29, 0.717) is 0 Å². The third kappa shape index (κ3) is 4.64. The Kier molecular flexibility index (Phi) is 5.76. The first-order chi connectivity index (χ1) is 9.49. The summed E-state index contributed by atoms with van der Waals surface area (Å²) < 4.78 is 63.3. The average Bonchev–Trinajstić information content (AvgIpc) is 2.35. The summed E-state index contributed by atoms with van der Waals surface area (Å²) in [7, 11) is -7.81. The van der Waals surface area contributed by atoms with Gasteiger partial charge in [-0.3, -0.25) is 0 Å². The molecule has 0 radical (unpaired) electrons. The zero-order valence-corrected chi connectivity index (χ0v) is 14.2. The molecular formula is C12H17ClFNO4S2. The van der Waals surface area contributed by atoms with Crippen LogP contribution < -0.4 is 4.72 Å². The predicted molar refractivity (Wildman–Crippen MR) is 79.2 cm³/mol. The molecule has 1 rings (SSSR count). The van der Waals surface area contributed by atoms with Gasteiger partial charge in [0.25, 0.3) is 0 Å². The van der Waals surface area contributed by atoms with Gasteiger partial charge in [-0.05, 0) is 31.0 Å². The van der Waals surface area contributed by atoms with Crippen LogP contribution in [0.3, 0.4) is 0 Å². The molecule has 0 aliphatic carbocycles. The second-order valence-electron chi connectivity index (χ2n) is 4.91. The minimum absolute atomic E-state index is 0.164. The summed E-state index contributed by atoms with van der Waals surface area (Å²) in [4.78, 5) is -0.957. The Bertz CT molecular complexity index is 719. The number of nitrogens with one attached hydrogen (secondary N) is 1. The van der Waals surface area contributed by atoms with Crippen LogP contribution in [0, 0.1) is 11.7 Å². The van der Waals surface area contributed by atoms with Gasteiger partial charge in [-0.15, -0.1) is 11.6 Å². The number of hydrogen-bond donors (Lipinski definition) is 1. The Morgan fingerprint density at radius 3 is 2.29 bits per heavy atom. The van der Waals surface area contributed by atoms with Gasteiger partial charge in [-0.25, -0.2) is 25.9 Å². The molecule has 0 aromatic heterocycles. The lowest BCUT2D eigenvalue weighted by Crippen LogP contribution is -2.38. The van der Waals surface area contributed by atoms with Crippen LogP contribution in [0.4, 0.5) is 4.39 Å². The van der Waals surface area contributed by atoms with Crippen LogP contribution >= 0.6 is 11.6 Å². The first kappa shape index (κ1) is 18.3. The lowest BCUT2D eigenvalue weighted by Gasteiger charge is -2.19. The summed E-state index contributed by atoms with van der Waals surface area (Å²) in [5.41, 5.74) is 0. The monoisotopic (exact) mass is 357 g/mol. The molecule has 1 N–H and O–H groups in total. The van der Waals surface area contributed by atoms with E-state index in [-0.39, 0.29) is 16.7 Å². The molecule has 2 unspecified atom stereocenters. The SMILES string of the molecule is CC(CCl)C(C)NS(=O)(=O)c1cc(S(C)(=O)=O)ccc1F. The highest BCUT2D eigenvalue weighted by Gasteiger charge is 2.25. The van der Waals surface area contributed by atoms with E-state index in [1.54, 1.807) is 13.8 Å². The normalized spacial score (nSPS) is 15.7. The fourth-order valence-corrected chi connectivity index (χ4v) is 3.92. The summed E-state index contributed by atoms with van der Waals surface area (Å²) in [6.45, 7) is 3.34. The van der Waals surface area contributed by atoms with Crippen molar-refractivity contribution in [2.45, 2.75) is 29.7 Å². The zero-order valence-electron chi connectivity index (χ0n) is 11.8. The molecule has 0 amide bonds. The molecule has 9 heteroatoms. The number of hydrogen-bond acceptors (Lipinski definition) is 4. The molecule has 2 atom stereocenters. The maximum absolute atomic E-state index is 13.7. The van der Waals surface area contributed by atoms with E-state index in [4.69, 9.17) is 11.6 Å². The molecule has 1 aromatic carbocycles. The lowest BCUT2D eigenvalue weighted by molar-refractivity contribution is 0.477. The van der Waals surface area contributed by atoms with Crippen LogP contribution in [0.5, 0.6) is 0 Å². The van der Waals surface area contributed by atoms with Crippen LogP contribution in [-0.2, 0) is 19.9 Å². The van der Waals surface area contributed by atoms with Gasteiger partial charge < -0.3 is 0 Å². The van der Waals surface area contributed by atoms with Crippen molar-refractivity contribution in [3.05, 3.63) is 24.0 Å². The summed E-state index contributed by atoms with van der Waals surface area (Å²) in [6.07, 6.45) is 0.919. The maximum Gasteiger partial charge on any atom is 0.243 e. The van der Waals surface area contributed by atoms with Gasteiger partial charge in [0.05, 0.1) is 4.90 Å². The van der Waals surface area contributed by atoms with E-state index in [1.165, 1.54) is 0 Å². The second kappa shape index (κ2) is 6.60. The number of rotatable bonds is 6. The molecule has 21 heavy (non-hydrogen) atoms. The lowest BCUT2D eigenvalue weighted by atomic mass is 10.1. The number of alkyl halides is 1. The predicted octanol–water partition coefficient (Wildman–Crippen LogP) is 1.77. The van der Waals surface area contributed by atoms with E-state index >= 15 is 0 Å². The van der Waals surface area contributed by atoms with E-state index < -0.39 is 36.6 Å². The molecule has 0 aliphatic heterocycles. The summed E-state index contributed by atoms with van der Waals surface area (Å²) in [5.74, 6) is -0.946. The molecule has 5 nitrogen and oxygen atoms in total. The van der Waals surface area contributed by atoms with Crippen LogP contribution in [0.15, 0.2) is 28.0 Å². The van der Waals surface area contributed by atoms with E-state index in [1.807, 2.05) is 0 Å². The van der Waals surface area contributed by atoms with Gasteiger partial charge in [0.15, 0.2) is 9.84 Å². The molecule has 120 valence electrons. The Morgan fingerprint density at radius 2 is 1.81 bits per heavy atom. The summed E-state index contributed by atoms with van der Waals surface area (Å²) in [5, 5.41) is 0. The molecule has 0 bridgehead atoms. The molecule has 0 fully saturated rings. The fraction of sp³-hybridized carbons (Fsp3) is 0.500. The molecule has 0 saturated heterocycles. The van der Waals surface area contributed by atoms with Gasteiger partial charge in [0, 0.05) is 18.2 Å². The smallest absolute Gasteiger partial charge is 0.224 e. The molecular weight excluding hydrogens is 341 g/mol. The third-order valence-corrected chi connectivity index (χ3v) is 6.23. The van der Waals surface area contributed by atoms with Gasteiger partial charge in [0.2, 0.25) is 10.0 Å². The molecule has 0 saturated carbocycles. The van der Waals surface area contributed by atoms with E-state index in [2.05, 4.69) is 4.72 Å². The van der Waals surface area contributed by atoms with Crippen LogP contribution in [-0.4, -0.2) is 35.0 Å². The maximum atomic E-state index is 13.7. The fourth-order valence-electron chi connectivity index (χ4n) is 1.48. The quantitative estimate of drug-likeness (QED) is 0.621.